The number of hydrogen-bond donors (Lipinski definition) is 2. The molecule has 3 aromatic carbocycles. The number of anilines is 2. The molecule has 2 amide bonds. The van der Waals surface area contributed by atoms with Gasteiger partial charge < -0.3 is 10.6 Å². The fraction of sp³-hybridized carbons (Fsp3) is 0.0455. The number of carbonyl (C=O) groups is 2. The highest BCUT2D eigenvalue weighted by Gasteiger charge is 2.12. The van der Waals surface area contributed by atoms with E-state index in [1.165, 1.54) is 47.4 Å². The summed E-state index contributed by atoms with van der Waals surface area (Å²) in [7, 11) is 0. The van der Waals surface area contributed by atoms with E-state index in [0.29, 0.717) is 16.9 Å². The summed E-state index contributed by atoms with van der Waals surface area (Å²) < 4.78 is 15.3. The highest BCUT2D eigenvalue weighted by molar-refractivity contribution is 9.10. The van der Waals surface area contributed by atoms with Crippen LogP contribution in [0.5, 0.6) is 0 Å². The quantitative estimate of drug-likeness (QED) is 0.300. The van der Waals surface area contributed by atoms with E-state index in [-0.39, 0.29) is 23.4 Å². The van der Waals surface area contributed by atoms with Crippen molar-refractivity contribution in [1.29, 1.82) is 0 Å². The molecule has 4 rings (SSSR count). The Morgan fingerprint density at radius 1 is 1.00 bits per heavy atom. The number of nitrogens with one attached hydrogen (secondary N) is 2. The van der Waals surface area contributed by atoms with E-state index in [1.807, 2.05) is 30.3 Å². The van der Waals surface area contributed by atoms with Crippen molar-refractivity contribution in [2.45, 2.75) is 4.34 Å². The highest BCUT2D eigenvalue weighted by atomic mass is 79.9. The van der Waals surface area contributed by atoms with Crippen LogP contribution in [0.4, 0.5) is 15.8 Å². The van der Waals surface area contributed by atoms with Crippen LogP contribution < -0.4 is 10.6 Å². The Labute approximate surface area is 194 Å². The molecule has 0 saturated carbocycles. The van der Waals surface area contributed by atoms with Gasteiger partial charge in [0.15, 0.2) is 4.34 Å². The molecule has 0 atom stereocenters. The van der Waals surface area contributed by atoms with Crippen molar-refractivity contribution in [3.05, 3.63) is 82.6 Å². The molecule has 0 aliphatic heterocycles. The lowest BCUT2D eigenvalue weighted by Crippen LogP contribution is -2.13. The van der Waals surface area contributed by atoms with Crippen LogP contribution in [0.25, 0.3) is 10.2 Å². The fourth-order valence-electron chi connectivity index (χ4n) is 2.74. The summed E-state index contributed by atoms with van der Waals surface area (Å²) in [6.07, 6.45) is 0. The first-order valence-electron chi connectivity index (χ1n) is 9.12. The number of carbonyl (C=O) groups excluding carboxylic acids is 2. The Morgan fingerprint density at radius 2 is 1.74 bits per heavy atom. The topological polar surface area (TPSA) is 71.1 Å². The molecule has 0 saturated heterocycles. The van der Waals surface area contributed by atoms with Gasteiger partial charge in [-0.3, -0.25) is 9.59 Å². The molecule has 31 heavy (non-hydrogen) atoms. The number of thioether (sulfide) groups is 1. The summed E-state index contributed by atoms with van der Waals surface area (Å²) in [5, 5.41) is 5.62. The molecular weight excluding hydrogens is 501 g/mol. The van der Waals surface area contributed by atoms with E-state index in [2.05, 4.69) is 31.5 Å². The number of aromatic nitrogens is 1. The Bertz CT molecular complexity index is 1260. The Morgan fingerprint density at radius 3 is 2.52 bits per heavy atom. The zero-order valence-corrected chi connectivity index (χ0v) is 19.1. The van der Waals surface area contributed by atoms with Crippen molar-refractivity contribution in [2.24, 2.45) is 0 Å². The normalized spacial score (nSPS) is 10.8. The predicted octanol–water partition coefficient (Wildman–Crippen LogP) is 6.18. The second-order valence-electron chi connectivity index (χ2n) is 6.44. The van der Waals surface area contributed by atoms with Crippen LogP contribution in [0.2, 0.25) is 0 Å². The van der Waals surface area contributed by atoms with Gasteiger partial charge in [-0.2, -0.15) is 0 Å². The van der Waals surface area contributed by atoms with Gasteiger partial charge in [-0.05, 0) is 70.5 Å². The van der Waals surface area contributed by atoms with Crippen molar-refractivity contribution in [3.63, 3.8) is 0 Å². The molecule has 0 aliphatic rings. The predicted molar refractivity (Wildman–Crippen MR) is 127 cm³/mol. The average Bonchev–Trinajstić information content (AvgIpc) is 3.16. The zero-order valence-electron chi connectivity index (χ0n) is 15.9. The van der Waals surface area contributed by atoms with E-state index >= 15 is 0 Å². The second-order valence-corrected chi connectivity index (χ2v) is 9.55. The van der Waals surface area contributed by atoms with Crippen molar-refractivity contribution >= 4 is 72.4 Å². The number of hydrogen-bond acceptors (Lipinski definition) is 5. The van der Waals surface area contributed by atoms with Crippen molar-refractivity contribution in [3.8, 4) is 0 Å². The van der Waals surface area contributed by atoms with Gasteiger partial charge >= 0.3 is 0 Å². The summed E-state index contributed by atoms with van der Waals surface area (Å²) >= 11 is 6.16. The van der Waals surface area contributed by atoms with E-state index in [0.717, 1.165) is 19.0 Å². The lowest BCUT2D eigenvalue weighted by molar-refractivity contribution is -0.113. The van der Waals surface area contributed by atoms with Crippen LogP contribution in [0.15, 0.2) is 75.5 Å². The molecular formula is C22H15BrFN3O2S2. The molecule has 0 aliphatic carbocycles. The highest BCUT2D eigenvalue weighted by Crippen LogP contribution is 2.31. The van der Waals surface area contributed by atoms with Gasteiger partial charge in [0, 0.05) is 15.8 Å². The van der Waals surface area contributed by atoms with Crippen LogP contribution >= 0.6 is 39.0 Å². The van der Waals surface area contributed by atoms with E-state index in [1.54, 1.807) is 12.1 Å². The molecule has 156 valence electrons. The van der Waals surface area contributed by atoms with Crippen LogP contribution in [-0.4, -0.2) is 22.6 Å². The molecule has 2 N–H and O–H groups in total. The van der Waals surface area contributed by atoms with Crippen LogP contribution in [0.3, 0.4) is 0 Å². The molecule has 1 heterocycles. The van der Waals surface area contributed by atoms with E-state index in [9.17, 15) is 14.0 Å². The SMILES string of the molecule is O=C(CSc1nc2ccc(NC(=O)c3ccccc3Br)cc2s1)Nc1ccc(F)cc1. The molecule has 0 bridgehead atoms. The first-order valence-corrected chi connectivity index (χ1v) is 11.7. The lowest BCUT2D eigenvalue weighted by atomic mass is 10.2. The van der Waals surface area contributed by atoms with Gasteiger partial charge in [0.2, 0.25) is 5.91 Å². The third-order valence-electron chi connectivity index (χ3n) is 4.20. The first-order chi connectivity index (χ1) is 15.0. The van der Waals surface area contributed by atoms with Gasteiger partial charge in [-0.15, -0.1) is 11.3 Å². The fourth-order valence-corrected chi connectivity index (χ4v) is 5.12. The molecule has 5 nitrogen and oxygen atoms in total. The van der Waals surface area contributed by atoms with Gasteiger partial charge in [-0.25, -0.2) is 9.37 Å². The minimum atomic E-state index is -0.353. The molecule has 9 heteroatoms. The molecule has 0 unspecified atom stereocenters. The maximum absolute atomic E-state index is 12.9. The Hall–Kier alpha value is -2.75. The maximum atomic E-state index is 12.9. The standard InChI is InChI=1S/C22H15BrFN3O2S2/c23-17-4-2-1-3-16(17)21(29)26-15-9-10-18-19(11-15)31-22(27-18)30-12-20(28)25-14-7-5-13(24)6-8-14/h1-11H,12H2,(H,25,28)(H,26,29). The first kappa shape index (κ1) is 21.5. The minimum absolute atomic E-state index is 0.183. The van der Waals surface area contributed by atoms with Crippen LogP contribution in [0.1, 0.15) is 10.4 Å². The largest absolute Gasteiger partial charge is 0.325 e. The number of halogens is 2. The number of fused-ring (bicyclic) bond motifs is 1. The van der Waals surface area contributed by atoms with Crippen molar-refractivity contribution < 1.29 is 14.0 Å². The average molecular weight is 516 g/mol. The number of rotatable bonds is 6. The number of benzene rings is 3. The van der Waals surface area contributed by atoms with Gasteiger partial charge in [0.25, 0.3) is 5.91 Å². The monoisotopic (exact) mass is 515 g/mol. The van der Waals surface area contributed by atoms with Crippen LogP contribution in [0, 0.1) is 5.82 Å². The molecule has 0 radical (unpaired) electrons. The van der Waals surface area contributed by atoms with E-state index in [4.69, 9.17) is 0 Å². The van der Waals surface area contributed by atoms with Crippen molar-refractivity contribution in [1.82, 2.24) is 4.98 Å². The Kier molecular flexibility index (Phi) is 6.64. The molecule has 0 fully saturated rings. The zero-order chi connectivity index (χ0) is 21.8. The summed E-state index contributed by atoms with van der Waals surface area (Å²) in [6, 6.07) is 18.3. The number of thiazole rings is 1. The minimum Gasteiger partial charge on any atom is -0.325 e. The van der Waals surface area contributed by atoms with Crippen LogP contribution in [-0.2, 0) is 4.79 Å². The summed E-state index contributed by atoms with van der Waals surface area (Å²) in [5.74, 6) is -0.572. The second kappa shape index (κ2) is 9.59. The van der Waals surface area contributed by atoms with E-state index < -0.39 is 0 Å². The van der Waals surface area contributed by atoms with Gasteiger partial charge in [0.05, 0.1) is 21.5 Å². The van der Waals surface area contributed by atoms with Gasteiger partial charge in [-0.1, -0.05) is 23.9 Å². The summed E-state index contributed by atoms with van der Waals surface area (Å²) in [5.41, 5.74) is 2.56. The maximum Gasteiger partial charge on any atom is 0.256 e. The lowest BCUT2D eigenvalue weighted by Gasteiger charge is -2.06. The number of amides is 2. The Balaban J connectivity index is 1.39. The third-order valence-corrected chi connectivity index (χ3v) is 7.05. The summed E-state index contributed by atoms with van der Waals surface area (Å²) in [6.45, 7) is 0. The molecule has 4 aromatic rings. The smallest absolute Gasteiger partial charge is 0.256 e. The summed E-state index contributed by atoms with van der Waals surface area (Å²) in [4.78, 5) is 29.2. The molecule has 0 spiro atoms. The van der Waals surface area contributed by atoms with Gasteiger partial charge in [0.1, 0.15) is 5.82 Å². The molecule has 1 aromatic heterocycles. The number of nitrogens with zero attached hydrogens (tertiary/aromatic N) is 1. The van der Waals surface area contributed by atoms with Crippen molar-refractivity contribution in [2.75, 3.05) is 16.4 Å². The third kappa shape index (κ3) is 5.49.